The van der Waals surface area contributed by atoms with Crippen LogP contribution in [0.15, 0.2) is 53.0 Å². The molecule has 28 heavy (non-hydrogen) atoms. The lowest BCUT2D eigenvalue weighted by molar-refractivity contribution is 0.102. The van der Waals surface area contributed by atoms with Crippen molar-refractivity contribution in [2.75, 3.05) is 30.4 Å². The lowest BCUT2D eigenvalue weighted by Gasteiger charge is -2.23. The average molecular weight is 460 g/mol. The second-order valence-corrected chi connectivity index (χ2v) is 7.98. The van der Waals surface area contributed by atoms with Crippen LogP contribution in [0.5, 0.6) is 5.75 Å². The van der Waals surface area contributed by atoms with E-state index in [2.05, 4.69) is 26.1 Å². The molecule has 1 fully saturated rings. The predicted molar refractivity (Wildman–Crippen MR) is 119 cm³/mol. The maximum atomic E-state index is 13.2. The minimum absolute atomic E-state index is 0.231. The van der Waals surface area contributed by atoms with E-state index in [1.807, 2.05) is 48.5 Å². The van der Waals surface area contributed by atoms with Crippen molar-refractivity contribution in [3.05, 3.63) is 63.6 Å². The molecule has 0 unspecified atom stereocenters. The van der Waals surface area contributed by atoms with Gasteiger partial charge in [0, 0.05) is 13.1 Å². The van der Waals surface area contributed by atoms with Gasteiger partial charge in [-0.05, 0) is 57.7 Å². The first kappa shape index (κ1) is 19.1. The number of rotatable bonds is 4. The fraction of sp³-hybridized carbons (Fsp3) is 0.227. The van der Waals surface area contributed by atoms with E-state index in [1.54, 1.807) is 7.11 Å². The van der Waals surface area contributed by atoms with Gasteiger partial charge in [-0.3, -0.25) is 4.79 Å². The lowest BCUT2D eigenvalue weighted by Crippen LogP contribution is -2.22. The molecule has 144 valence electrons. The summed E-state index contributed by atoms with van der Waals surface area (Å²) in [6, 6.07) is 15.3. The van der Waals surface area contributed by atoms with Crippen molar-refractivity contribution < 1.29 is 9.53 Å². The summed E-state index contributed by atoms with van der Waals surface area (Å²) in [5, 5.41) is 5.65. The number of hydrogen-bond donors (Lipinski definition) is 1. The fourth-order valence-corrected chi connectivity index (χ4v) is 4.75. The van der Waals surface area contributed by atoms with Crippen LogP contribution in [0, 0.1) is 0 Å². The maximum Gasteiger partial charge on any atom is 0.259 e. The summed E-state index contributed by atoms with van der Waals surface area (Å²) in [6.45, 7) is 1.88. The molecule has 0 bridgehead atoms. The summed E-state index contributed by atoms with van der Waals surface area (Å²) in [7, 11) is 1.57. The molecule has 1 aliphatic heterocycles. The van der Waals surface area contributed by atoms with Crippen LogP contribution in [0.25, 0.3) is 10.8 Å². The molecule has 0 spiro atoms. The van der Waals surface area contributed by atoms with Crippen LogP contribution in [0.1, 0.15) is 23.2 Å². The van der Waals surface area contributed by atoms with Gasteiger partial charge in [-0.1, -0.05) is 41.9 Å². The minimum atomic E-state index is -0.231. The zero-order valence-electron chi connectivity index (χ0n) is 15.5. The molecule has 0 aromatic heterocycles. The van der Waals surface area contributed by atoms with Crippen molar-refractivity contribution in [1.29, 1.82) is 0 Å². The van der Waals surface area contributed by atoms with Crippen LogP contribution in [0.4, 0.5) is 11.4 Å². The molecule has 0 aliphatic carbocycles. The highest BCUT2D eigenvalue weighted by atomic mass is 79.9. The number of amides is 1. The van der Waals surface area contributed by atoms with E-state index in [1.165, 1.54) is 0 Å². The van der Waals surface area contributed by atoms with E-state index in [4.69, 9.17) is 16.3 Å². The highest BCUT2D eigenvalue weighted by Gasteiger charge is 2.22. The molecule has 0 saturated carbocycles. The number of anilines is 2. The number of hydrogen-bond acceptors (Lipinski definition) is 3. The number of para-hydroxylation sites is 1. The average Bonchev–Trinajstić information content (AvgIpc) is 3.22. The predicted octanol–water partition coefficient (Wildman–Crippen LogP) is 6.12. The summed E-state index contributed by atoms with van der Waals surface area (Å²) in [5.74, 6) is 0.284. The molecular formula is C22H20BrClN2O2. The van der Waals surface area contributed by atoms with Crippen LogP contribution in [-0.4, -0.2) is 26.1 Å². The van der Waals surface area contributed by atoms with Crippen LogP contribution in [0.3, 0.4) is 0 Å². The lowest BCUT2D eigenvalue weighted by atomic mass is 10.0. The zero-order chi connectivity index (χ0) is 19.7. The van der Waals surface area contributed by atoms with E-state index < -0.39 is 0 Å². The molecule has 4 rings (SSSR count). The van der Waals surface area contributed by atoms with Crippen molar-refractivity contribution in [2.24, 2.45) is 0 Å². The van der Waals surface area contributed by atoms with Crippen LogP contribution in [0.2, 0.25) is 5.02 Å². The van der Waals surface area contributed by atoms with Gasteiger partial charge in [-0.15, -0.1) is 0 Å². The highest BCUT2D eigenvalue weighted by Crippen LogP contribution is 2.39. The zero-order valence-corrected chi connectivity index (χ0v) is 17.8. The van der Waals surface area contributed by atoms with Crippen LogP contribution in [-0.2, 0) is 0 Å². The van der Waals surface area contributed by atoms with Gasteiger partial charge in [0.25, 0.3) is 5.91 Å². The summed E-state index contributed by atoms with van der Waals surface area (Å²) in [4.78, 5) is 15.4. The van der Waals surface area contributed by atoms with Crippen LogP contribution < -0.4 is 15.0 Å². The number of nitrogens with one attached hydrogen (secondary N) is 1. The molecule has 6 heteroatoms. The van der Waals surface area contributed by atoms with Crippen molar-refractivity contribution in [1.82, 2.24) is 0 Å². The molecule has 1 aliphatic rings. The highest BCUT2D eigenvalue weighted by molar-refractivity contribution is 9.10. The van der Waals surface area contributed by atoms with Gasteiger partial charge in [-0.25, -0.2) is 0 Å². The van der Waals surface area contributed by atoms with Crippen molar-refractivity contribution >= 4 is 55.6 Å². The largest absolute Gasteiger partial charge is 0.495 e. The molecule has 1 amide bonds. The second-order valence-electron chi connectivity index (χ2n) is 6.78. The summed E-state index contributed by atoms with van der Waals surface area (Å²) in [6.07, 6.45) is 2.26. The topological polar surface area (TPSA) is 41.6 Å². The normalized spacial score (nSPS) is 13.8. The van der Waals surface area contributed by atoms with Gasteiger partial charge >= 0.3 is 0 Å². The Morgan fingerprint density at radius 3 is 2.64 bits per heavy atom. The molecule has 4 nitrogen and oxygen atoms in total. The van der Waals surface area contributed by atoms with Gasteiger partial charge in [0.2, 0.25) is 0 Å². The smallest absolute Gasteiger partial charge is 0.259 e. The van der Waals surface area contributed by atoms with Crippen molar-refractivity contribution in [3.8, 4) is 5.75 Å². The van der Waals surface area contributed by atoms with E-state index in [0.717, 1.165) is 46.9 Å². The number of nitrogens with zero attached hydrogens (tertiary/aromatic N) is 1. The Balaban J connectivity index is 1.75. The second kappa shape index (κ2) is 8.02. The van der Waals surface area contributed by atoms with Gasteiger partial charge < -0.3 is 15.0 Å². The number of methoxy groups -OCH3 is 1. The molecular weight excluding hydrogens is 440 g/mol. The van der Waals surface area contributed by atoms with Crippen molar-refractivity contribution in [3.63, 3.8) is 0 Å². The Morgan fingerprint density at radius 1 is 1.14 bits per heavy atom. The van der Waals surface area contributed by atoms with E-state index in [-0.39, 0.29) is 5.91 Å². The Labute approximate surface area is 177 Å². The first-order valence-corrected chi connectivity index (χ1v) is 10.4. The molecule has 3 aromatic carbocycles. The Bertz CT molecular complexity index is 1050. The third kappa shape index (κ3) is 3.45. The summed E-state index contributed by atoms with van der Waals surface area (Å²) < 4.78 is 6.32. The number of fused-ring (bicyclic) bond motifs is 1. The van der Waals surface area contributed by atoms with Gasteiger partial charge in [0.15, 0.2) is 0 Å². The number of halogens is 2. The van der Waals surface area contributed by atoms with Gasteiger partial charge in [0.05, 0.1) is 33.5 Å². The standard InChI is InChI=1S/C22H20BrClN2O2/c1-28-21-16(13-14-7-2-3-8-15(14)19(21)23)22(27)25-18-10-6-9-17(24)20(18)26-11-4-5-12-26/h2-3,6-10,13H,4-5,11-12H2,1H3,(H,25,27). The third-order valence-corrected chi connectivity index (χ3v) is 6.14. The monoisotopic (exact) mass is 458 g/mol. The Morgan fingerprint density at radius 2 is 1.89 bits per heavy atom. The molecule has 3 aromatic rings. The molecule has 1 N–H and O–H groups in total. The van der Waals surface area contributed by atoms with E-state index in [0.29, 0.717) is 22.0 Å². The van der Waals surface area contributed by atoms with E-state index >= 15 is 0 Å². The maximum absolute atomic E-state index is 13.2. The number of benzene rings is 3. The quantitative estimate of drug-likeness (QED) is 0.511. The van der Waals surface area contributed by atoms with Gasteiger partial charge in [0.1, 0.15) is 5.75 Å². The number of ether oxygens (including phenoxy) is 1. The van der Waals surface area contributed by atoms with Gasteiger partial charge in [-0.2, -0.15) is 0 Å². The first-order chi connectivity index (χ1) is 13.6. The molecule has 1 saturated heterocycles. The molecule has 0 atom stereocenters. The first-order valence-electron chi connectivity index (χ1n) is 9.20. The number of carbonyl (C=O) groups is 1. The van der Waals surface area contributed by atoms with Crippen molar-refractivity contribution in [2.45, 2.75) is 12.8 Å². The Hall–Kier alpha value is -2.24. The number of carbonyl (C=O) groups excluding carboxylic acids is 1. The SMILES string of the molecule is COc1c(C(=O)Nc2cccc(Cl)c2N2CCCC2)cc2ccccc2c1Br. The van der Waals surface area contributed by atoms with E-state index in [9.17, 15) is 4.79 Å². The summed E-state index contributed by atoms with van der Waals surface area (Å²) in [5.41, 5.74) is 2.07. The fourth-order valence-electron chi connectivity index (χ4n) is 3.72. The summed E-state index contributed by atoms with van der Waals surface area (Å²) >= 11 is 10.1. The Kier molecular flexibility index (Phi) is 5.47. The minimum Gasteiger partial charge on any atom is -0.495 e. The molecule has 0 radical (unpaired) electrons. The van der Waals surface area contributed by atoms with Crippen LogP contribution >= 0.6 is 27.5 Å². The molecule has 1 heterocycles. The third-order valence-electron chi connectivity index (χ3n) is 5.05.